The fourth-order valence-electron chi connectivity index (χ4n) is 5.19. The summed E-state index contributed by atoms with van der Waals surface area (Å²) >= 11 is 0. The minimum atomic E-state index is 0.110. The number of ether oxygens (including phenoxy) is 2. The molecule has 2 aromatic rings. The fraction of sp³-hybridized carbons (Fsp3) is 0.519. The van der Waals surface area contributed by atoms with Gasteiger partial charge in [-0.15, -0.1) is 0 Å². The van der Waals surface area contributed by atoms with E-state index >= 15 is 0 Å². The third kappa shape index (κ3) is 5.63. The number of hydrogen-bond acceptors (Lipinski definition) is 4. The number of carbonyl (C=O) groups excluding carboxylic acids is 1. The average Bonchev–Trinajstić information content (AvgIpc) is 2.85. The van der Waals surface area contributed by atoms with E-state index in [4.69, 9.17) is 9.47 Å². The molecule has 172 valence electrons. The predicted molar refractivity (Wildman–Crippen MR) is 127 cm³/mol. The van der Waals surface area contributed by atoms with E-state index in [1.807, 2.05) is 12.1 Å². The highest BCUT2D eigenvalue weighted by molar-refractivity contribution is 5.79. The second kappa shape index (κ2) is 10.9. The zero-order valence-corrected chi connectivity index (χ0v) is 19.5. The Kier molecular flexibility index (Phi) is 7.69. The molecule has 1 atom stereocenters. The average molecular weight is 437 g/mol. The number of carbonyl (C=O) groups is 1. The summed E-state index contributed by atoms with van der Waals surface area (Å²) in [7, 11) is 3.36. The van der Waals surface area contributed by atoms with Gasteiger partial charge in [0.25, 0.3) is 0 Å². The maximum Gasteiger partial charge on any atom is 0.226 e. The van der Waals surface area contributed by atoms with Crippen molar-refractivity contribution in [3.8, 4) is 11.5 Å². The number of likely N-dealkylation sites (tertiary alicyclic amines) is 2. The molecule has 2 aromatic carbocycles. The highest BCUT2D eigenvalue weighted by Crippen LogP contribution is 2.29. The lowest BCUT2D eigenvalue weighted by Crippen LogP contribution is -2.47. The molecule has 4 rings (SSSR count). The van der Waals surface area contributed by atoms with Gasteiger partial charge in [0.05, 0.1) is 20.1 Å². The van der Waals surface area contributed by atoms with Crippen LogP contribution in [0.4, 0.5) is 0 Å². The van der Waals surface area contributed by atoms with E-state index in [1.165, 1.54) is 5.56 Å². The van der Waals surface area contributed by atoms with Crippen LogP contribution < -0.4 is 9.47 Å². The van der Waals surface area contributed by atoms with Gasteiger partial charge in [0.15, 0.2) is 0 Å². The highest BCUT2D eigenvalue weighted by Gasteiger charge is 2.31. The van der Waals surface area contributed by atoms with Gasteiger partial charge in [0.1, 0.15) is 11.5 Å². The minimum absolute atomic E-state index is 0.110. The van der Waals surface area contributed by atoms with Gasteiger partial charge >= 0.3 is 0 Å². The van der Waals surface area contributed by atoms with Gasteiger partial charge in [-0.25, -0.2) is 0 Å². The molecule has 0 spiro atoms. The van der Waals surface area contributed by atoms with E-state index in [0.29, 0.717) is 11.8 Å². The molecular formula is C27H36N2O3. The lowest BCUT2D eigenvalue weighted by Gasteiger charge is -2.38. The molecule has 0 radical (unpaired) electrons. The summed E-state index contributed by atoms with van der Waals surface area (Å²) in [6, 6.07) is 16.7. The maximum atomic E-state index is 13.3. The van der Waals surface area contributed by atoms with Crippen LogP contribution in [0.5, 0.6) is 11.5 Å². The van der Waals surface area contributed by atoms with Crippen molar-refractivity contribution in [1.82, 2.24) is 9.80 Å². The van der Waals surface area contributed by atoms with Crippen LogP contribution in [-0.4, -0.2) is 56.1 Å². The van der Waals surface area contributed by atoms with Gasteiger partial charge < -0.3 is 14.4 Å². The predicted octanol–water partition coefficient (Wildman–Crippen LogP) is 4.40. The lowest BCUT2D eigenvalue weighted by atomic mass is 9.89. The monoisotopic (exact) mass is 436 g/mol. The van der Waals surface area contributed by atoms with Gasteiger partial charge in [0.2, 0.25) is 5.91 Å². The molecule has 0 aliphatic carbocycles. The summed E-state index contributed by atoms with van der Waals surface area (Å²) in [4.78, 5) is 17.8. The first-order chi connectivity index (χ1) is 15.7. The van der Waals surface area contributed by atoms with Crippen molar-refractivity contribution in [3.63, 3.8) is 0 Å². The van der Waals surface area contributed by atoms with E-state index in [-0.39, 0.29) is 5.92 Å². The second-order valence-corrected chi connectivity index (χ2v) is 9.21. The maximum absolute atomic E-state index is 13.3. The first-order valence-electron chi connectivity index (χ1n) is 11.9. The number of amides is 1. The quantitative estimate of drug-likeness (QED) is 0.645. The Morgan fingerprint density at radius 3 is 2.47 bits per heavy atom. The zero-order chi connectivity index (χ0) is 22.3. The molecule has 2 aliphatic heterocycles. The molecule has 2 heterocycles. The third-order valence-electron chi connectivity index (χ3n) is 7.04. The molecule has 1 amide bonds. The molecule has 2 saturated heterocycles. The second-order valence-electron chi connectivity index (χ2n) is 9.21. The van der Waals surface area contributed by atoms with Crippen LogP contribution in [0.25, 0.3) is 0 Å². The fourth-order valence-corrected chi connectivity index (χ4v) is 5.19. The summed E-state index contributed by atoms with van der Waals surface area (Å²) in [5.74, 6) is 2.80. The highest BCUT2D eigenvalue weighted by atomic mass is 16.5. The van der Waals surface area contributed by atoms with Crippen molar-refractivity contribution in [1.29, 1.82) is 0 Å². The lowest BCUT2D eigenvalue weighted by molar-refractivity contribution is -0.138. The van der Waals surface area contributed by atoms with Gasteiger partial charge in [0, 0.05) is 37.8 Å². The van der Waals surface area contributed by atoms with Crippen molar-refractivity contribution < 1.29 is 14.3 Å². The molecule has 0 saturated carbocycles. The van der Waals surface area contributed by atoms with Crippen LogP contribution in [0.1, 0.15) is 36.8 Å². The molecule has 32 heavy (non-hydrogen) atoms. The first-order valence-corrected chi connectivity index (χ1v) is 11.9. The summed E-state index contributed by atoms with van der Waals surface area (Å²) < 4.78 is 10.9. The van der Waals surface area contributed by atoms with Crippen LogP contribution in [0.3, 0.4) is 0 Å². The van der Waals surface area contributed by atoms with Crippen molar-refractivity contribution in [2.24, 2.45) is 11.8 Å². The number of benzene rings is 2. The molecule has 1 unspecified atom stereocenters. The van der Waals surface area contributed by atoms with Crippen LogP contribution >= 0.6 is 0 Å². The molecule has 0 bridgehead atoms. The first kappa shape index (κ1) is 22.7. The Balaban J connectivity index is 1.29. The van der Waals surface area contributed by atoms with Crippen LogP contribution in [-0.2, 0) is 17.8 Å². The van der Waals surface area contributed by atoms with Gasteiger partial charge in [-0.2, -0.15) is 0 Å². The van der Waals surface area contributed by atoms with Crippen LogP contribution in [0, 0.1) is 11.8 Å². The van der Waals surface area contributed by atoms with Crippen molar-refractivity contribution in [2.75, 3.05) is 40.4 Å². The molecule has 2 fully saturated rings. The van der Waals surface area contributed by atoms with E-state index in [2.05, 4.69) is 46.2 Å². The van der Waals surface area contributed by atoms with Crippen molar-refractivity contribution >= 4 is 5.91 Å². The normalized spacial score (nSPS) is 20.2. The Hall–Kier alpha value is -2.53. The van der Waals surface area contributed by atoms with Gasteiger partial charge in [-0.3, -0.25) is 9.69 Å². The Morgan fingerprint density at radius 2 is 1.75 bits per heavy atom. The van der Waals surface area contributed by atoms with Crippen LogP contribution in [0.2, 0.25) is 0 Å². The Morgan fingerprint density at radius 1 is 0.969 bits per heavy atom. The Bertz CT molecular complexity index is 878. The number of rotatable bonds is 7. The van der Waals surface area contributed by atoms with Crippen molar-refractivity contribution in [3.05, 3.63) is 59.7 Å². The summed E-state index contributed by atoms with van der Waals surface area (Å²) in [5, 5.41) is 0. The number of hydrogen-bond donors (Lipinski definition) is 0. The summed E-state index contributed by atoms with van der Waals surface area (Å²) in [6.45, 7) is 4.46. The number of piperidine rings is 2. The molecule has 5 nitrogen and oxygen atoms in total. The molecule has 0 aromatic heterocycles. The molecule has 5 heteroatoms. The van der Waals surface area contributed by atoms with E-state index in [9.17, 15) is 4.79 Å². The van der Waals surface area contributed by atoms with E-state index < -0.39 is 0 Å². The smallest absolute Gasteiger partial charge is 0.226 e. The van der Waals surface area contributed by atoms with Gasteiger partial charge in [-0.05, 0) is 56.2 Å². The summed E-state index contributed by atoms with van der Waals surface area (Å²) in [6.07, 6.45) is 5.42. The van der Waals surface area contributed by atoms with Crippen LogP contribution in [0.15, 0.2) is 48.5 Å². The standard InChI is InChI=1S/C27H36N2O3/c1-31-25-11-10-23(26(18-25)32-2)19-28-14-6-9-24(20-28)27(30)29-15-12-22(13-16-29)17-21-7-4-3-5-8-21/h3-5,7-8,10-11,18,22,24H,6,9,12-17,19-20H2,1-2H3. The third-order valence-corrected chi connectivity index (χ3v) is 7.04. The largest absolute Gasteiger partial charge is 0.497 e. The molecular weight excluding hydrogens is 400 g/mol. The number of methoxy groups -OCH3 is 2. The minimum Gasteiger partial charge on any atom is -0.497 e. The van der Waals surface area contributed by atoms with E-state index in [0.717, 1.165) is 81.9 Å². The SMILES string of the molecule is COc1ccc(CN2CCCC(C(=O)N3CCC(Cc4ccccc4)CC3)C2)c(OC)c1. The summed E-state index contributed by atoms with van der Waals surface area (Å²) in [5.41, 5.74) is 2.55. The van der Waals surface area contributed by atoms with Crippen molar-refractivity contribution in [2.45, 2.75) is 38.6 Å². The number of nitrogens with zero attached hydrogens (tertiary/aromatic N) is 2. The zero-order valence-electron chi connectivity index (χ0n) is 19.5. The Labute approximate surface area is 192 Å². The van der Waals surface area contributed by atoms with Gasteiger partial charge in [-0.1, -0.05) is 36.4 Å². The van der Waals surface area contributed by atoms with E-state index in [1.54, 1.807) is 14.2 Å². The topological polar surface area (TPSA) is 42.0 Å². The molecule has 0 N–H and O–H groups in total. The molecule has 2 aliphatic rings.